The van der Waals surface area contributed by atoms with E-state index < -0.39 is 5.82 Å². The van der Waals surface area contributed by atoms with Gasteiger partial charge in [0.2, 0.25) is 5.91 Å². The first-order valence-electron chi connectivity index (χ1n) is 10.2. The fourth-order valence-electron chi connectivity index (χ4n) is 4.64. The zero-order valence-corrected chi connectivity index (χ0v) is 17.1. The number of fused-ring (bicyclic) bond motifs is 2. The Kier molecular flexibility index (Phi) is 5.97. The van der Waals surface area contributed by atoms with Crippen LogP contribution in [0.2, 0.25) is 5.02 Å². The van der Waals surface area contributed by atoms with Gasteiger partial charge in [0.25, 0.3) is 5.91 Å². The van der Waals surface area contributed by atoms with Gasteiger partial charge in [0.05, 0.1) is 5.02 Å². The Bertz CT molecular complexity index is 786. The van der Waals surface area contributed by atoms with E-state index in [-0.39, 0.29) is 53.3 Å². The van der Waals surface area contributed by atoms with E-state index in [1.54, 1.807) is 0 Å². The Morgan fingerprint density at radius 3 is 2.59 bits per heavy atom. The molecule has 158 valence electrons. The second kappa shape index (κ2) is 8.48. The summed E-state index contributed by atoms with van der Waals surface area (Å²) >= 11 is 5.64. The topological polar surface area (TPSA) is 76.7 Å². The van der Waals surface area contributed by atoms with Crippen LogP contribution < -0.4 is 15.4 Å². The van der Waals surface area contributed by atoms with Crippen LogP contribution in [0.3, 0.4) is 0 Å². The molecule has 1 aliphatic heterocycles. The molecule has 2 N–H and O–H groups in total. The molecule has 3 aliphatic carbocycles. The van der Waals surface area contributed by atoms with Gasteiger partial charge in [0, 0.05) is 24.8 Å². The molecular weight excluding hydrogens is 399 g/mol. The molecule has 2 amide bonds. The second-order valence-corrected chi connectivity index (χ2v) is 8.85. The third-order valence-corrected chi connectivity index (χ3v) is 6.74. The Morgan fingerprint density at radius 1 is 1.21 bits per heavy atom. The summed E-state index contributed by atoms with van der Waals surface area (Å²) in [4.78, 5) is 24.9. The SMILES string of the molecule is CC1CCOC1C(=O)NC1CC(NC(=O)COc2ccc(Cl)c(F)c2)C2CC1C2. The molecule has 1 aromatic rings. The van der Waals surface area contributed by atoms with Gasteiger partial charge in [0.1, 0.15) is 17.7 Å². The molecule has 1 saturated heterocycles. The van der Waals surface area contributed by atoms with Crippen LogP contribution in [0.5, 0.6) is 5.75 Å². The van der Waals surface area contributed by atoms with E-state index in [4.69, 9.17) is 21.1 Å². The van der Waals surface area contributed by atoms with E-state index in [1.807, 2.05) is 6.92 Å². The van der Waals surface area contributed by atoms with Crippen LogP contribution in [-0.2, 0) is 14.3 Å². The van der Waals surface area contributed by atoms with Crippen molar-refractivity contribution in [2.24, 2.45) is 17.8 Å². The summed E-state index contributed by atoms with van der Waals surface area (Å²) in [5.41, 5.74) is 0. The van der Waals surface area contributed by atoms with Crippen LogP contribution >= 0.6 is 11.6 Å². The quantitative estimate of drug-likeness (QED) is 0.736. The summed E-state index contributed by atoms with van der Waals surface area (Å²) in [5, 5.41) is 6.18. The van der Waals surface area contributed by atoms with E-state index in [9.17, 15) is 14.0 Å². The lowest BCUT2D eigenvalue weighted by molar-refractivity contribution is -0.134. The van der Waals surface area contributed by atoms with Gasteiger partial charge in [-0.2, -0.15) is 0 Å². The molecule has 1 aromatic carbocycles. The molecule has 0 aromatic heterocycles. The standard InChI is InChI=1S/C21H26ClFN2O4/c1-11-4-5-28-20(11)21(27)25-18-9-17(12-6-13(18)7-12)24-19(26)10-29-14-2-3-15(22)16(23)8-14/h2-3,8,11-13,17-18,20H,4-7,9-10H2,1H3,(H,24,26)(H,25,27). The minimum atomic E-state index is -0.587. The average Bonchev–Trinajstić information content (AvgIpc) is 3.07. The van der Waals surface area contributed by atoms with E-state index in [0.717, 1.165) is 25.3 Å². The highest BCUT2D eigenvalue weighted by Gasteiger charge is 2.47. The average molecular weight is 425 g/mol. The van der Waals surface area contributed by atoms with E-state index >= 15 is 0 Å². The maximum Gasteiger partial charge on any atom is 0.258 e. The molecule has 2 bridgehead atoms. The number of ether oxygens (including phenoxy) is 2. The monoisotopic (exact) mass is 424 g/mol. The molecule has 5 rings (SSSR count). The number of rotatable bonds is 6. The number of amides is 2. The summed E-state index contributed by atoms with van der Waals surface area (Å²) in [6, 6.07) is 4.13. The number of carbonyl (C=O) groups is 2. The fourth-order valence-corrected chi connectivity index (χ4v) is 4.75. The Morgan fingerprint density at radius 2 is 1.93 bits per heavy atom. The highest BCUT2D eigenvalue weighted by atomic mass is 35.5. The summed E-state index contributed by atoms with van der Waals surface area (Å²) < 4.78 is 24.4. The molecule has 4 aliphatic rings. The van der Waals surface area contributed by atoms with Crippen molar-refractivity contribution >= 4 is 23.4 Å². The normalized spacial score (nSPS) is 32.9. The zero-order chi connectivity index (χ0) is 20.5. The van der Waals surface area contributed by atoms with Crippen molar-refractivity contribution in [1.82, 2.24) is 10.6 Å². The Labute approximate surface area is 174 Å². The summed E-state index contributed by atoms with van der Waals surface area (Å²) in [7, 11) is 0. The molecule has 4 atom stereocenters. The molecule has 8 heteroatoms. The molecule has 0 radical (unpaired) electrons. The van der Waals surface area contributed by atoms with Crippen molar-refractivity contribution in [3.8, 4) is 5.75 Å². The van der Waals surface area contributed by atoms with Crippen LogP contribution in [-0.4, -0.2) is 43.2 Å². The number of benzene rings is 1. The second-order valence-electron chi connectivity index (χ2n) is 8.44. The highest BCUT2D eigenvalue weighted by molar-refractivity contribution is 6.30. The molecule has 4 unspecified atom stereocenters. The first-order chi connectivity index (χ1) is 13.9. The van der Waals surface area contributed by atoms with Gasteiger partial charge in [-0.25, -0.2) is 4.39 Å². The molecule has 0 spiro atoms. The predicted molar refractivity (Wildman–Crippen MR) is 105 cm³/mol. The van der Waals surface area contributed by atoms with Crippen molar-refractivity contribution in [3.63, 3.8) is 0 Å². The third-order valence-electron chi connectivity index (χ3n) is 6.44. The van der Waals surface area contributed by atoms with Gasteiger partial charge in [-0.15, -0.1) is 0 Å². The van der Waals surface area contributed by atoms with Crippen molar-refractivity contribution < 1.29 is 23.5 Å². The third kappa shape index (κ3) is 4.51. The first kappa shape index (κ1) is 20.4. The van der Waals surface area contributed by atoms with E-state index in [1.165, 1.54) is 12.1 Å². The Balaban J connectivity index is 1.27. The number of hydrogen-bond acceptors (Lipinski definition) is 4. The summed E-state index contributed by atoms with van der Waals surface area (Å²) in [6.07, 6.45) is 3.25. The minimum Gasteiger partial charge on any atom is -0.484 e. The summed E-state index contributed by atoms with van der Waals surface area (Å²) in [5.74, 6) is 0.519. The predicted octanol–water partition coefficient (Wildman–Crippen LogP) is 2.68. The van der Waals surface area contributed by atoms with Crippen LogP contribution in [0.25, 0.3) is 0 Å². The van der Waals surface area contributed by atoms with Gasteiger partial charge >= 0.3 is 0 Å². The lowest BCUT2D eigenvalue weighted by atomic mass is 9.60. The molecule has 3 saturated carbocycles. The number of hydrogen-bond donors (Lipinski definition) is 2. The number of halogens is 2. The first-order valence-corrected chi connectivity index (χ1v) is 10.6. The maximum atomic E-state index is 13.5. The lowest BCUT2D eigenvalue weighted by Crippen LogP contribution is -2.61. The molecule has 6 nitrogen and oxygen atoms in total. The molecular formula is C21H26ClFN2O4. The fraction of sp³-hybridized carbons (Fsp3) is 0.619. The maximum absolute atomic E-state index is 13.5. The van der Waals surface area contributed by atoms with Gasteiger partial charge < -0.3 is 20.1 Å². The largest absolute Gasteiger partial charge is 0.484 e. The van der Waals surface area contributed by atoms with Gasteiger partial charge in [-0.1, -0.05) is 18.5 Å². The van der Waals surface area contributed by atoms with Crippen LogP contribution in [0, 0.1) is 23.6 Å². The minimum absolute atomic E-state index is 0.00488. The van der Waals surface area contributed by atoms with Crippen LogP contribution in [0.4, 0.5) is 4.39 Å². The van der Waals surface area contributed by atoms with Gasteiger partial charge in [-0.3, -0.25) is 9.59 Å². The van der Waals surface area contributed by atoms with Crippen molar-refractivity contribution in [2.45, 2.75) is 50.8 Å². The Hall–Kier alpha value is -1.86. The van der Waals surface area contributed by atoms with Crippen LogP contribution in [0.1, 0.15) is 32.6 Å². The van der Waals surface area contributed by atoms with Crippen molar-refractivity contribution in [1.29, 1.82) is 0 Å². The summed E-state index contributed by atoms with van der Waals surface area (Å²) in [6.45, 7) is 2.47. The zero-order valence-electron chi connectivity index (χ0n) is 16.3. The molecule has 4 fully saturated rings. The van der Waals surface area contributed by atoms with Crippen molar-refractivity contribution in [3.05, 3.63) is 29.0 Å². The van der Waals surface area contributed by atoms with E-state index in [2.05, 4.69) is 10.6 Å². The van der Waals surface area contributed by atoms with Gasteiger partial charge in [-0.05, 0) is 55.6 Å². The van der Waals surface area contributed by atoms with E-state index in [0.29, 0.717) is 24.9 Å². The highest BCUT2D eigenvalue weighted by Crippen LogP contribution is 2.46. The van der Waals surface area contributed by atoms with Crippen molar-refractivity contribution in [2.75, 3.05) is 13.2 Å². The molecule has 1 heterocycles. The lowest BCUT2D eigenvalue weighted by Gasteiger charge is -2.51. The molecule has 29 heavy (non-hydrogen) atoms. The number of nitrogens with one attached hydrogen (secondary N) is 2. The van der Waals surface area contributed by atoms with Crippen LogP contribution in [0.15, 0.2) is 18.2 Å². The number of carbonyl (C=O) groups excluding carboxylic acids is 2. The van der Waals surface area contributed by atoms with Gasteiger partial charge in [0.15, 0.2) is 6.61 Å². The smallest absolute Gasteiger partial charge is 0.258 e.